The van der Waals surface area contributed by atoms with Crippen molar-refractivity contribution in [3.05, 3.63) is 88.7 Å². The van der Waals surface area contributed by atoms with E-state index >= 15 is 0 Å². The highest BCUT2D eigenvalue weighted by Gasteiger charge is 2.32. The molecule has 0 saturated heterocycles. The van der Waals surface area contributed by atoms with Gasteiger partial charge in [-0.1, -0.05) is 42.5 Å². The third kappa shape index (κ3) is 1.56. The van der Waals surface area contributed by atoms with E-state index in [1.807, 2.05) is 28.8 Å². The lowest BCUT2D eigenvalue weighted by atomic mass is 9.86. The van der Waals surface area contributed by atoms with Crippen molar-refractivity contribution < 1.29 is 9.59 Å². The van der Waals surface area contributed by atoms with Crippen molar-refractivity contribution in [2.45, 2.75) is 6.92 Å². The van der Waals surface area contributed by atoms with Crippen LogP contribution in [-0.2, 0) is 0 Å². The number of ketones is 2. The number of rotatable bonds is 0. The predicted molar refractivity (Wildman–Crippen MR) is 92.9 cm³/mol. The Morgan fingerprint density at radius 1 is 0.792 bits per heavy atom. The van der Waals surface area contributed by atoms with Crippen LogP contribution in [0, 0.1) is 6.92 Å². The molecular weight excluding hydrogens is 298 g/mol. The molecule has 2 heterocycles. The zero-order valence-electron chi connectivity index (χ0n) is 13.0. The third-order valence-corrected chi connectivity index (χ3v) is 4.88. The molecule has 1 aliphatic carbocycles. The van der Waals surface area contributed by atoms with E-state index in [-0.39, 0.29) is 11.6 Å². The van der Waals surface area contributed by atoms with Crippen LogP contribution in [0.4, 0.5) is 0 Å². The van der Waals surface area contributed by atoms with Crippen LogP contribution < -0.4 is 0 Å². The maximum Gasteiger partial charge on any atom is 0.196 e. The monoisotopic (exact) mass is 311 g/mol. The lowest BCUT2D eigenvalue weighted by Crippen LogP contribution is -2.19. The Labute approximate surface area is 138 Å². The summed E-state index contributed by atoms with van der Waals surface area (Å²) in [6.45, 7) is 2.05. The van der Waals surface area contributed by atoms with Crippen molar-refractivity contribution in [3.8, 4) is 0 Å². The van der Waals surface area contributed by atoms with Crippen LogP contribution in [-0.4, -0.2) is 16.0 Å². The molecule has 3 nitrogen and oxygen atoms in total. The van der Waals surface area contributed by atoms with Crippen LogP contribution in [0.25, 0.3) is 16.3 Å². The van der Waals surface area contributed by atoms with Crippen LogP contribution in [0.15, 0.2) is 60.9 Å². The van der Waals surface area contributed by atoms with Gasteiger partial charge in [-0.05, 0) is 29.3 Å². The number of aryl methyl sites for hydroxylation is 1. The number of aromatic nitrogens is 1. The summed E-state index contributed by atoms with van der Waals surface area (Å²) < 4.78 is 1.90. The van der Waals surface area contributed by atoms with Gasteiger partial charge >= 0.3 is 0 Å². The zero-order valence-corrected chi connectivity index (χ0v) is 13.0. The molecule has 0 atom stereocenters. The second-order valence-corrected chi connectivity index (χ2v) is 6.27. The molecule has 114 valence electrons. The summed E-state index contributed by atoms with van der Waals surface area (Å²) in [6.07, 6.45) is 3.77. The molecule has 2 aromatic carbocycles. The largest absolute Gasteiger partial charge is 0.322 e. The summed E-state index contributed by atoms with van der Waals surface area (Å²) in [6, 6.07) is 15.2. The first-order valence-corrected chi connectivity index (χ1v) is 7.87. The number of carbonyl (C=O) groups excluding carboxylic acids is 2. The summed E-state index contributed by atoms with van der Waals surface area (Å²) >= 11 is 0. The molecule has 24 heavy (non-hydrogen) atoms. The smallest absolute Gasteiger partial charge is 0.196 e. The van der Waals surface area contributed by atoms with E-state index in [0.717, 1.165) is 21.9 Å². The van der Waals surface area contributed by atoms with Crippen LogP contribution in [0.5, 0.6) is 0 Å². The second kappa shape index (κ2) is 4.42. The number of fused-ring (bicyclic) bond motifs is 5. The van der Waals surface area contributed by atoms with Gasteiger partial charge in [-0.3, -0.25) is 9.59 Å². The summed E-state index contributed by atoms with van der Waals surface area (Å²) in [5.74, 6) is -0.152. The van der Waals surface area contributed by atoms with E-state index in [9.17, 15) is 9.59 Å². The highest BCUT2D eigenvalue weighted by atomic mass is 16.1. The quantitative estimate of drug-likeness (QED) is 0.430. The molecule has 3 heteroatoms. The summed E-state index contributed by atoms with van der Waals surface area (Å²) in [5, 5.41) is 2.19. The Balaban J connectivity index is 1.91. The first-order chi connectivity index (χ1) is 11.6. The second-order valence-electron chi connectivity index (χ2n) is 6.27. The van der Waals surface area contributed by atoms with Crippen LogP contribution in [0.3, 0.4) is 0 Å². The minimum absolute atomic E-state index is 0.0735. The number of nitrogens with zero attached hydrogens (tertiary/aromatic N) is 1. The van der Waals surface area contributed by atoms with Gasteiger partial charge in [-0.15, -0.1) is 0 Å². The van der Waals surface area contributed by atoms with Crippen molar-refractivity contribution in [2.24, 2.45) is 0 Å². The highest BCUT2D eigenvalue weighted by Crippen LogP contribution is 2.33. The van der Waals surface area contributed by atoms with Crippen LogP contribution in [0.1, 0.15) is 37.4 Å². The fraction of sp³-hybridized carbons (Fsp3) is 0.0476. The number of hydrogen-bond donors (Lipinski definition) is 0. The molecule has 2 aromatic heterocycles. The maximum absolute atomic E-state index is 13.0. The molecule has 0 aliphatic heterocycles. The Morgan fingerprint density at radius 2 is 1.54 bits per heavy atom. The summed E-state index contributed by atoms with van der Waals surface area (Å²) in [5.41, 5.74) is 3.94. The van der Waals surface area contributed by atoms with Crippen molar-refractivity contribution in [1.29, 1.82) is 0 Å². The van der Waals surface area contributed by atoms with Gasteiger partial charge in [0.1, 0.15) is 0 Å². The Kier molecular flexibility index (Phi) is 2.44. The normalized spacial score (nSPS) is 13.4. The molecule has 0 N–H and O–H groups in total. The van der Waals surface area contributed by atoms with Gasteiger partial charge in [-0.25, -0.2) is 0 Å². The Hall–Kier alpha value is -3.20. The van der Waals surface area contributed by atoms with E-state index in [2.05, 4.69) is 13.0 Å². The number of pyridine rings is 1. The fourth-order valence-corrected chi connectivity index (χ4v) is 3.66. The van der Waals surface area contributed by atoms with Crippen LogP contribution in [0.2, 0.25) is 0 Å². The van der Waals surface area contributed by atoms with Crippen molar-refractivity contribution in [3.63, 3.8) is 0 Å². The molecule has 4 aromatic rings. The van der Waals surface area contributed by atoms with Gasteiger partial charge in [0, 0.05) is 23.5 Å². The zero-order chi connectivity index (χ0) is 16.4. The van der Waals surface area contributed by atoms with Gasteiger partial charge in [0.05, 0.1) is 16.6 Å². The standard InChI is InChI=1S/C21H13NO2/c1-12-5-4-6-13-10-22-11-17-19(18(22)9-16(12)13)21(24)15-8-3-2-7-14(15)20(17)23/h2-11H,1H3. The van der Waals surface area contributed by atoms with E-state index in [1.165, 1.54) is 0 Å². The lowest BCUT2D eigenvalue weighted by Gasteiger charge is -2.14. The third-order valence-electron chi connectivity index (χ3n) is 4.88. The van der Waals surface area contributed by atoms with Crippen molar-refractivity contribution in [2.75, 3.05) is 0 Å². The van der Waals surface area contributed by atoms with E-state index in [1.54, 1.807) is 30.5 Å². The molecular formula is C21H13NO2. The van der Waals surface area contributed by atoms with Gasteiger partial charge in [0.2, 0.25) is 0 Å². The Bertz CT molecular complexity index is 1200. The fourth-order valence-electron chi connectivity index (χ4n) is 3.66. The summed E-state index contributed by atoms with van der Waals surface area (Å²) in [7, 11) is 0. The minimum Gasteiger partial charge on any atom is -0.322 e. The average Bonchev–Trinajstić information content (AvgIpc) is 2.97. The molecule has 0 spiro atoms. The summed E-state index contributed by atoms with van der Waals surface area (Å²) in [4.78, 5) is 25.8. The molecule has 0 unspecified atom stereocenters. The average molecular weight is 311 g/mol. The van der Waals surface area contributed by atoms with Crippen molar-refractivity contribution >= 4 is 27.9 Å². The first kappa shape index (κ1) is 13.3. The van der Waals surface area contributed by atoms with Gasteiger partial charge < -0.3 is 4.40 Å². The van der Waals surface area contributed by atoms with Gasteiger partial charge in [-0.2, -0.15) is 0 Å². The topological polar surface area (TPSA) is 38.5 Å². The number of hydrogen-bond acceptors (Lipinski definition) is 2. The van der Waals surface area contributed by atoms with E-state index < -0.39 is 0 Å². The maximum atomic E-state index is 13.0. The molecule has 0 amide bonds. The first-order valence-electron chi connectivity index (χ1n) is 7.87. The molecule has 1 aliphatic rings. The van der Waals surface area contributed by atoms with E-state index in [4.69, 9.17) is 0 Å². The molecule has 0 fully saturated rings. The molecule has 0 radical (unpaired) electrons. The molecule has 0 bridgehead atoms. The van der Waals surface area contributed by atoms with E-state index in [0.29, 0.717) is 22.3 Å². The molecule has 5 rings (SSSR count). The predicted octanol–water partition coefficient (Wildman–Crippen LogP) is 4.18. The number of carbonyl (C=O) groups is 2. The minimum atomic E-state index is -0.0790. The lowest BCUT2D eigenvalue weighted by molar-refractivity contribution is 0.0981. The Morgan fingerprint density at radius 3 is 2.33 bits per heavy atom. The number of benzene rings is 2. The highest BCUT2D eigenvalue weighted by molar-refractivity contribution is 6.31. The van der Waals surface area contributed by atoms with Crippen molar-refractivity contribution in [1.82, 2.24) is 4.40 Å². The SMILES string of the molecule is Cc1cccc2cn3cc4c(c3cc12)C(=O)c1ccccc1C4=O. The van der Waals surface area contributed by atoms with Crippen LogP contribution >= 0.6 is 0 Å². The molecule has 0 saturated carbocycles. The van der Waals surface area contributed by atoms with Gasteiger partial charge in [0.15, 0.2) is 11.6 Å². The van der Waals surface area contributed by atoms with Gasteiger partial charge in [0.25, 0.3) is 0 Å².